The zero-order chi connectivity index (χ0) is 24.5. The maximum atomic E-state index is 12.8. The average Bonchev–Trinajstić information content (AvgIpc) is 3.33. The molecule has 0 bridgehead atoms. The standard InChI is InChI=1S/C14H13ClN6O9S3/c1-30-19-8(5-3-31-13(16-5)17-6(22)2-15)10(24)18-9-11(20-7(23)4-32-14(20)26)21(12(9)25)33(27,28)29/h3,9,11H,2,4H2,1H3,(H,18,24)(H,16,17,22)(H,27,28,29)/b19-8-/t9-,11?/m0/s1. The van der Waals surface area contributed by atoms with Crippen LogP contribution in [0.2, 0.25) is 0 Å². The molecule has 0 spiro atoms. The number of hydrogen-bond donors (Lipinski definition) is 3. The number of nitrogens with one attached hydrogen (secondary N) is 2. The lowest BCUT2D eigenvalue weighted by Crippen LogP contribution is -2.77. The van der Waals surface area contributed by atoms with E-state index in [1.165, 1.54) is 5.38 Å². The third-order valence-electron chi connectivity index (χ3n) is 4.12. The number of hydrogen-bond acceptors (Lipinski definition) is 12. The first-order chi connectivity index (χ1) is 15.5. The fourth-order valence-corrected chi connectivity index (χ4v) is 5.15. The second-order valence-electron chi connectivity index (χ2n) is 6.14. The van der Waals surface area contributed by atoms with Crippen LogP contribution >= 0.6 is 34.7 Å². The van der Waals surface area contributed by atoms with Crippen molar-refractivity contribution in [3.8, 4) is 0 Å². The number of anilines is 1. The minimum absolute atomic E-state index is 0.0766. The van der Waals surface area contributed by atoms with Crippen LogP contribution in [0.25, 0.3) is 0 Å². The predicted octanol–water partition coefficient (Wildman–Crippen LogP) is -1.18. The van der Waals surface area contributed by atoms with Gasteiger partial charge >= 0.3 is 10.3 Å². The van der Waals surface area contributed by atoms with Gasteiger partial charge in [-0.2, -0.15) is 12.7 Å². The number of carbonyl (C=O) groups is 5. The molecule has 5 amide bonds. The van der Waals surface area contributed by atoms with E-state index in [4.69, 9.17) is 11.6 Å². The number of aromatic nitrogens is 1. The van der Waals surface area contributed by atoms with Crippen molar-refractivity contribution in [2.45, 2.75) is 12.2 Å². The lowest BCUT2D eigenvalue weighted by atomic mass is 10.0. The minimum atomic E-state index is -5.15. The van der Waals surface area contributed by atoms with Crippen molar-refractivity contribution in [1.29, 1.82) is 0 Å². The van der Waals surface area contributed by atoms with E-state index in [1.807, 2.05) is 0 Å². The quantitative estimate of drug-likeness (QED) is 0.118. The highest BCUT2D eigenvalue weighted by Crippen LogP contribution is 2.32. The Morgan fingerprint density at radius 1 is 1.39 bits per heavy atom. The number of amides is 5. The molecular weight excluding hydrogens is 528 g/mol. The fraction of sp³-hybridized carbons (Fsp3) is 0.357. The third-order valence-corrected chi connectivity index (χ3v) is 6.85. The van der Waals surface area contributed by atoms with E-state index in [2.05, 4.69) is 25.6 Å². The summed E-state index contributed by atoms with van der Waals surface area (Å²) >= 11 is 6.89. The van der Waals surface area contributed by atoms with Gasteiger partial charge in [0.2, 0.25) is 11.8 Å². The first kappa shape index (κ1) is 24.8. The van der Waals surface area contributed by atoms with Crippen LogP contribution in [0.4, 0.5) is 9.93 Å². The number of carbonyl (C=O) groups excluding carboxylic acids is 5. The van der Waals surface area contributed by atoms with Crippen LogP contribution in [0.15, 0.2) is 10.5 Å². The summed E-state index contributed by atoms with van der Waals surface area (Å²) in [6, 6.07) is -1.71. The SMILES string of the molecule is CO/N=C(\C(=O)N[C@@H]1C(=O)N(S(=O)(=O)O)C1N1C(=O)CSC1=O)c1csc(NC(=O)CCl)n1. The Morgan fingerprint density at radius 2 is 2.09 bits per heavy atom. The van der Waals surface area contributed by atoms with Gasteiger partial charge in [0.1, 0.15) is 18.7 Å². The van der Waals surface area contributed by atoms with Crippen molar-refractivity contribution < 1.29 is 41.8 Å². The Labute approximate surface area is 198 Å². The number of thiazole rings is 1. The molecule has 0 aromatic carbocycles. The second-order valence-corrected chi connectivity index (χ2v) is 9.48. The van der Waals surface area contributed by atoms with Gasteiger partial charge in [0.05, 0.1) is 5.75 Å². The van der Waals surface area contributed by atoms with Crippen LogP contribution in [0.1, 0.15) is 5.69 Å². The monoisotopic (exact) mass is 540 g/mol. The number of alkyl halides is 1. The molecule has 0 saturated carbocycles. The molecule has 2 atom stereocenters. The number of nitrogens with zero attached hydrogens (tertiary/aromatic N) is 4. The molecule has 3 rings (SSSR count). The molecule has 2 aliphatic heterocycles. The van der Waals surface area contributed by atoms with Gasteiger partial charge in [-0.25, -0.2) is 9.88 Å². The molecule has 0 radical (unpaired) electrons. The lowest BCUT2D eigenvalue weighted by molar-refractivity contribution is -0.154. The summed E-state index contributed by atoms with van der Waals surface area (Å²) in [6.45, 7) is 0. The Kier molecular flexibility index (Phi) is 7.22. The number of oxime groups is 1. The topological polar surface area (TPSA) is 205 Å². The highest BCUT2D eigenvalue weighted by molar-refractivity contribution is 8.14. The van der Waals surface area contributed by atoms with Gasteiger partial charge in [-0.05, 0) is 0 Å². The van der Waals surface area contributed by atoms with Crippen LogP contribution in [0, 0.1) is 0 Å². The summed E-state index contributed by atoms with van der Waals surface area (Å²) in [5.74, 6) is -4.40. The van der Waals surface area contributed by atoms with E-state index < -0.39 is 57.1 Å². The van der Waals surface area contributed by atoms with Gasteiger partial charge in [0.25, 0.3) is 17.1 Å². The number of rotatable bonds is 8. The third kappa shape index (κ3) is 4.93. The average molecular weight is 541 g/mol. The molecule has 1 aromatic rings. The largest absolute Gasteiger partial charge is 0.398 e. The zero-order valence-electron chi connectivity index (χ0n) is 16.3. The molecule has 3 heterocycles. The molecule has 19 heteroatoms. The van der Waals surface area contributed by atoms with Crippen molar-refractivity contribution in [3.63, 3.8) is 0 Å². The fourth-order valence-electron chi connectivity index (χ4n) is 2.81. The predicted molar refractivity (Wildman–Crippen MR) is 114 cm³/mol. The van der Waals surface area contributed by atoms with Crippen LogP contribution in [-0.2, 0) is 34.3 Å². The summed E-state index contributed by atoms with van der Waals surface area (Å²) in [6.07, 6.45) is -1.82. The van der Waals surface area contributed by atoms with E-state index in [0.29, 0.717) is 16.7 Å². The summed E-state index contributed by atoms with van der Waals surface area (Å²) in [5.41, 5.74) is -0.548. The summed E-state index contributed by atoms with van der Waals surface area (Å²) in [5, 5.41) is 8.60. The van der Waals surface area contributed by atoms with Crippen LogP contribution in [0.5, 0.6) is 0 Å². The smallest absolute Gasteiger partial charge is 0.364 e. The maximum Gasteiger partial charge on any atom is 0.364 e. The van der Waals surface area contributed by atoms with E-state index in [0.717, 1.165) is 18.4 Å². The molecule has 2 fully saturated rings. The Bertz CT molecular complexity index is 1150. The van der Waals surface area contributed by atoms with Crippen LogP contribution in [-0.4, -0.2) is 92.7 Å². The number of thioether (sulfide) groups is 1. The second kappa shape index (κ2) is 9.59. The Hall–Kier alpha value is -2.80. The summed E-state index contributed by atoms with van der Waals surface area (Å²) in [4.78, 5) is 69.7. The molecule has 2 aliphatic rings. The van der Waals surface area contributed by atoms with Gasteiger partial charge in [0.15, 0.2) is 23.1 Å². The first-order valence-corrected chi connectivity index (χ1v) is 12.3. The molecule has 1 unspecified atom stereocenters. The van der Waals surface area contributed by atoms with E-state index in [9.17, 15) is 36.9 Å². The number of imide groups is 1. The summed E-state index contributed by atoms with van der Waals surface area (Å²) < 4.78 is 32.5. The maximum absolute atomic E-state index is 12.8. The number of halogens is 1. The van der Waals surface area contributed by atoms with E-state index >= 15 is 0 Å². The Morgan fingerprint density at radius 3 is 2.64 bits per heavy atom. The van der Waals surface area contributed by atoms with Gasteiger partial charge < -0.3 is 15.5 Å². The highest BCUT2D eigenvalue weighted by Gasteiger charge is 2.60. The van der Waals surface area contributed by atoms with Crippen LogP contribution < -0.4 is 10.6 Å². The highest BCUT2D eigenvalue weighted by atomic mass is 35.5. The van der Waals surface area contributed by atoms with Crippen molar-refractivity contribution >= 4 is 84.7 Å². The van der Waals surface area contributed by atoms with Crippen molar-refractivity contribution in [1.82, 2.24) is 19.5 Å². The van der Waals surface area contributed by atoms with E-state index in [1.54, 1.807) is 0 Å². The minimum Gasteiger partial charge on any atom is -0.398 e. The summed E-state index contributed by atoms with van der Waals surface area (Å²) in [7, 11) is -4.03. The van der Waals surface area contributed by atoms with Crippen molar-refractivity contribution in [2.24, 2.45) is 5.16 Å². The molecule has 0 aliphatic carbocycles. The molecule has 2 saturated heterocycles. The van der Waals surface area contributed by atoms with Gasteiger partial charge in [-0.15, -0.1) is 22.9 Å². The van der Waals surface area contributed by atoms with Crippen molar-refractivity contribution in [3.05, 3.63) is 11.1 Å². The van der Waals surface area contributed by atoms with Gasteiger partial charge in [-0.1, -0.05) is 16.9 Å². The van der Waals surface area contributed by atoms with Gasteiger partial charge in [-0.3, -0.25) is 28.5 Å². The molecule has 15 nitrogen and oxygen atoms in total. The Balaban J connectivity index is 1.86. The molecule has 3 N–H and O–H groups in total. The molecule has 1 aromatic heterocycles. The molecule has 33 heavy (non-hydrogen) atoms. The van der Waals surface area contributed by atoms with Crippen LogP contribution in [0.3, 0.4) is 0 Å². The molecular formula is C14H13ClN6O9S3. The van der Waals surface area contributed by atoms with Gasteiger partial charge in [0, 0.05) is 5.38 Å². The molecule has 178 valence electrons. The van der Waals surface area contributed by atoms with Crippen molar-refractivity contribution in [2.75, 3.05) is 24.1 Å². The zero-order valence-corrected chi connectivity index (χ0v) is 19.5. The number of β-lactam (4-membered cyclic amide) rings is 1. The first-order valence-electron chi connectivity index (χ1n) is 8.52. The van der Waals surface area contributed by atoms with E-state index in [-0.39, 0.29) is 26.8 Å². The normalized spacial score (nSPS) is 21.2. The lowest BCUT2D eigenvalue weighted by Gasteiger charge is -2.46.